The number of aliphatic hydroxyl groups excluding tert-OH is 2. The molecule has 0 amide bonds. The van der Waals surface area contributed by atoms with Gasteiger partial charge in [0.15, 0.2) is 0 Å². The van der Waals surface area contributed by atoms with E-state index in [0.29, 0.717) is 28.8 Å². The third kappa shape index (κ3) is 3.87. The average Bonchev–Trinajstić information content (AvgIpc) is 2.37. The van der Waals surface area contributed by atoms with Gasteiger partial charge in [0, 0.05) is 11.4 Å². The molecular formula is C12H17BrO4. The standard InChI is InChI=1S/C12H17BrO4/c1-16-9-5-8(6-10(7-9)17-2)12(15)11(14)3-4-13/h5-7,11-12,14-15H,3-4H2,1-2H3. The summed E-state index contributed by atoms with van der Waals surface area (Å²) in [4.78, 5) is 0. The van der Waals surface area contributed by atoms with Crippen LogP contribution >= 0.6 is 15.9 Å². The highest BCUT2D eigenvalue weighted by Gasteiger charge is 2.19. The molecule has 0 heterocycles. The van der Waals surface area contributed by atoms with Crippen molar-refractivity contribution in [2.24, 2.45) is 0 Å². The van der Waals surface area contributed by atoms with Crippen LogP contribution in [0.1, 0.15) is 18.1 Å². The summed E-state index contributed by atoms with van der Waals surface area (Å²) in [7, 11) is 3.08. The van der Waals surface area contributed by atoms with Gasteiger partial charge in [0.05, 0.1) is 20.3 Å². The van der Waals surface area contributed by atoms with Crippen molar-refractivity contribution in [1.29, 1.82) is 0 Å². The number of methoxy groups -OCH3 is 2. The molecule has 0 saturated carbocycles. The Balaban J connectivity index is 2.95. The lowest BCUT2D eigenvalue weighted by atomic mass is 10.0. The van der Waals surface area contributed by atoms with Gasteiger partial charge < -0.3 is 19.7 Å². The summed E-state index contributed by atoms with van der Waals surface area (Å²) in [5.41, 5.74) is 0.578. The Morgan fingerprint density at radius 1 is 1.12 bits per heavy atom. The minimum Gasteiger partial charge on any atom is -0.497 e. The molecule has 5 heteroatoms. The Hall–Kier alpha value is -0.780. The molecule has 1 rings (SSSR count). The molecule has 0 aliphatic rings. The average molecular weight is 305 g/mol. The first-order valence-corrected chi connectivity index (χ1v) is 6.39. The van der Waals surface area contributed by atoms with Crippen LogP contribution in [-0.2, 0) is 0 Å². The Morgan fingerprint density at radius 2 is 1.65 bits per heavy atom. The SMILES string of the molecule is COc1cc(OC)cc(C(O)C(O)CCBr)c1. The van der Waals surface area contributed by atoms with Crippen molar-refractivity contribution in [2.45, 2.75) is 18.6 Å². The van der Waals surface area contributed by atoms with E-state index in [4.69, 9.17) is 9.47 Å². The third-order valence-corrected chi connectivity index (χ3v) is 2.94. The number of hydrogen-bond donors (Lipinski definition) is 2. The van der Waals surface area contributed by atoms with Crippen LogP contribution in [0.4, 0.5) is 0 Å². The Bertz CT molecular complexity index is 334. The number of alkyl halides is 1. The number of rotatable bonds is 6. The molecular weight excluding hydrogens is 288 g/mol. The summed E-state index contributed by atoms with van der Waals surface area (Å²) in [5.74, 6) is 1.17. The van der Waals surface area contributed by atoms with Gasteiger partial charge in [0.25, 0.3) is 0 Å². The quantitative estimate of drug-likeness (QED) is 0.788. The van der Waals surface area contributed by atoms with Gasteiger partial charge in [-0.15, -0.1) is 0 Å². The number of hydrogen-bond acceptors (Lipinski definition) is 4. The van der Waals surface area contributed by atoms with E-state index in [0.717, 1.165) is 0 Å². The van der Waals surface area contributed by atoms with Crippen molar-refractivity contribution in [3.63, 3.8) is 0 Å². The van der Waals surface area contributed by atoms with Gasteiger partial charge in [-0.05, 0) is 24.1 Å². The summed E-state index contributed by atoms with van der Waals surface area (Å²) >= 11 is 3.23. The smallest absolute Gasteiger partial charge is 0.122 e. The van der Waals surface area contributed by atoms with Crippen molar-refractivity contribution >= 4 is 15.9 Å². The van der Waals surface area contributed by atoms with Crippen LogP contribution in [0.15, 0.2) is 18.2 Å². The van der Waals surface area contributed by atoms with Crippen LogP contribution < -0.4 is 9.47 Å². The van der Waals surface area contributed by atoms with Crippen molar-refractivity contribution in [3.05, 3.63) is 23.8 Å². The second kappa shape index (κ2) is 6.83. The first kappa shape index (κ1) is 14.3. The van der Waals surface area contributed by atoms with Gasteiger partial charge in [0.1, 0.15) is 17.6 Å². The van der Waals surface area contributed by atoms with E-state index >= 15 is 0 Å². The second-order valence-corrected chi connectivity index (χ2v) is 4.43. The monoisotopic (exact) mass is 304 g/mol. The number of aliphatic hydroxyl groups is 2. The molecule has 2 N–H and O–H groups in total. The molecule has 0 saturated heterocycles. The van der Waals surface area contributed by atoms with Gasteiger partial charge >= 0.3 is 0 Å². The predicted octanol–water partition coefficient (Wildman–Crippen LogP) is 1.88. The molecule has 2 unspecified atom stereocenters. The molecule has 0 bridgehead atoms. The molecule has 0 aliphatic carbocycles. The molecule has 0 aromatic heterocycles. The highest BCUT2D eigenvalue weighted by molar-refractivity contribution is 9.09. The van der Waals surface area contributed by atoms with E-state index in [1.54, 1.807) is 32.4 Å². The summed E-state index contributed by atoms with van der Waals surface area (Å²) in [6.45, 7) is 0. The van der Waals surface area contributed by atoms with Gasteiger partial charge in [0.2, 0.25) is 0 Å². The second-order valence-electron chi connectivity index (χ2n) is 3.64. The molecule has 0 spiro atoms. The van der Waals surface area contributed by atoms with Gasteiger partial charge in [-0.2, -0.15) is 0 Å². The highest BCUT2D eigenvalue weighted by Crippen LogP contribution is 2.28. The first-order chi connectivity index (χ1) is 8.12. The van der Waals surface area contributed by atoms with Crippen molar-refractivity contribution in [3.8, 4) is 11.5 Å². The Labute approximate surface area is 109 Å². The predicted molar refractivity (Wildman–Crippen MR) is 68.9 cm³/mol. The van der Waals surface area contributed by atoms with Gasteiger partial charge in [-0.1, -0.05) is 15.9 Å². The number of halogens is 1. The van der Waals surface area contributed by atoms with E-state index in [2.05, 4.69) is 15.9 Å². The fraction of sp³-hybridized carbons (Fsp3) is 0.500. The summed E-state index contributed by atoms with van der Waals surface area (Å²) in [5, 5.41) is 20.3. The van der Waals surface area contributed by atoms with Crippen LogP contribution in [0.5, 0.6) is 11.5 Å². The van der Waals surface area contributed by atoms with Crippen molar-refractivity contribution in [2.75, 3.05) is 19.5 Å². The fourth-order valence-corrected chi connectivity index (χ4v) is 1.96. The maximum atomic E-state index is 9.98. The highest BCUT2D eigenvalue weighted by atomic mass is 79.9. The number of benzene rings is 1. The summed E-state index contributed by atoms with van der Waals surface area (Å²) in [6, 6.07) is 5.09. The molecule has 4 nitrogen and oxygen atoms in total. The Morgan fingerprint density at radius 3 is 2.06 bits per heavy atom. The van der Waals surface area contributed by atoms with Crippen molar-refractivity contribution in [1.82, 2.24) is 0 Å². The van der Waals surface area contributed by atoms with Crippen LogP contribution in [0.3, 0.4) is 0 Å². The zero-order valence-electron chi connectivity index (χ0n) is 9.89. The van der Waals surface area contributed by atoms with Crippen LogP contribution in [-0.4, -0.2) is 35.9 Å². The van der Waals surface area contributed by atoms with Gasteiger partial charge in [-0.3, -0.25) is 0 Å². The zero-order chi connectivity index (χ0) is 12.8. The van der Waals surface area contributed by atoms with Crippen LogP contribution in [0.25, 0.3) is 0 Å². The van der Waals surface area contributed by atoms with Crippen LogP contribution in [0.2, 0.25) is 0 Å². The zero-order valence-corrected chi connectivity index (χ0v) is 11.5. The molecule has 0 aliphatic heterocycles. The normalized spacial score (nSPS) is 14.2. The lowest BCUT2D eigenvalue weighted by Gasteiger charge is -2.18. The minimum absolute atomic E-state index is 0.473. The Kier molecular flexibility index (Phi) is 5.74. The first-order valence-electron chi connectivity index (χ1n) is 5.27. The topological polar surface area (TPSA) is 58.9 Å². The van der Waals surface area contributed by atoms with E-state index < -0.39 is 12.2 Å². The maximum absolute atomic E-state index is 9.98. The molecule has 17 heavy (non-hydrogen) atoms. The largest absolute Gasteiger partial charge is 0.497 e. The van der Waals surface area contributed by atoms with E-state index in [1.807, 2.05) is 0 Å². The summed E-state index contributed by atoms with van der Waals surface area (Å²) in [6.07, 6.45) is -1.29. The molecule has 1 aromatic rings. The third-order valence-electron chi connectivity index (χ3n) is 2.48. The van der Waals surface area contributed by atoms with Crippen molar-refractivity contribution < 1.29 is 19.7 Å². The molecule has 96 valence electrons. The summed E-state index contributed by atoms with van der Waals surface area (Å²) < 4.78 is 10.2. The van der Waals surface area contributed by atoms with E-state index in [1.165, 1.54) is 0 Å². The molecule has 2 atom stereocenters. The van der Waals surface area contributed by atoms with E-state index in [-0.39, 0.29) is 0 Å². The lowest BCUT2D eigenvalue weighted by molar-refractivity contribution is 0.0171. The molecule has 0 radical (unpaired) electrons. The lowest BCUT2D eigenvalue weighted by Crippen LogP contribution is -2.18. The van der Waals surface area contributed by atoms with E-state index in [9.17, 15) is 10.2 Å². The minimum atomic E-state index is -0.948. The van der Waals surface area contributed by atoms with Gasteiger partial charge in [-0.25, -0.2) is 0 Å². The van der Waals surface area contributed by atoms with Crippen LogP contribution in [0, 0.1) is 0 Å². The molecule has 0 fully saturated rings. The molecule has 1 aromatic carbocycles. The fourth-order valence-electron chi connectivity index (χ4n) is 1.49. The number of ether oxygens (including phenoxy) is 2. The maximum Gasteiger partial charge on any atom is 0.122 e.